The van der Waals surface area contributed by atoms with Gasteiger partial charge in [-0.2, -0.15) is 17.4 Å². The number of methoxy groups -OCH3 is 1. The number of amides is 2. The molecular formula is C31H34ClF3N4O6S. The molecule has 1 saturated carbocycles. The second-order valence-corrected chi connectivity index (χ2v) is 12.9. The topological polar surface area (TPSA) is 128 Å². The number of nitrogens with zero attached hydrogens (tertiary/aromatic N) is 2. The van der Waals surface area contributed by atoms with Gasteiger partial charge in [0, 0.05) is 47.7 Å². The first-order valence-electron chi connectivity index (χ1n) is 14.3. The number of anilines is 1. The van der Waals surface area contributed by atoms with Crippen LogP contribution < -0.4 is 19.7 Å². The number of benzene rings is 3. The molecule has 2 amide bonds. The highest BCUT2D eigenvalue weighted by atomic mass is 35.5. The van der Waals surface area contributed by atoms with E-state index in [9.17, 15) is 36.3 Å². The molecule has 0 saturated heterocycles. The summed E-state index contributed by atoms with van der Waals surface area (Å²) in [6.45, 7) is -0.204. The lowest BCUT2D eigenvalue weighted by Gasteiger charge is -2.39. The van der Waals surface area contributed by atoms with Crippen LogP contribution in [0.1, 0.15) is 43.0 Å². The number of hydrogen-bond acceptors (Lipinski definition) is 6. The second-order valence-electron chi connectivity index (χ2n) is 10.8. The molecule has 0 unspecified atom stereocenters. The van der Waals surface area contributed by atoms with Gasteiger partial charge in [0.15, 0.2) is 0 Å². The van der Waals surface area contributed by atoms with E-state index >= 15 is 0 Å². The zero-order valence-corrected chi connectivity index (χ0v) is 26.6. The van der Waals surface area contributed by atoms with Gasteiger partial charge in [0.05, 0.1) is 20.3 Å². The first-order valence-corrected chi connectivity index (χ1v) is 16.1. The Morgan fingerprint density at radius 3 is 2.35 bits per heavy atom. The first kappa shape index (κ1) is 35.2. The van der Waals surface area contributed by atoms with E-state index in [0.717, 1.165) is 21.3 Å². The molecule has 3 aromatic rings. The van der Waals surface area contributed by atoms with Crippen molar-refractivity contribution in [1.82, 2.24) is 14.3 Å². The van der Waals surface area contributed by atoms with Crippen molar-refractivity contribution in [2.45, 2.75) is 43.8 Å². The number of aliphatic hydroxyl groups excluding tert-OH is 1. The van der Waals surface area contributed by atoms with Crippen LogP contribution in [0.5, 0.6) is 5.75 Å². The lowest BCUT2D eigenvalue weighted by molar-refractivity contribution is -0.132. The third-order valence-electron chi connectivity index (χ3n) is 7.52. The fourth-order valence-corrected chi connectivity index (χ4v) is 6.72. The molecule has 0 aliphatic heterocycles. The number of alkyl halides is 2. The van der Waals surface area contributed by atoms with E-state index in [4.69, 9.17) is 16.3 Å². The van der Waals surface area contributed by atoms with Crippen molar-refractivity contribution in [1.29, 1.82) is 0 Å². The van der Waals surface area contributed by atoms with Crippen LogP contribution in [0, 0.1) is 5.82 Å². The summed E-state index contributed by atoms with van der Waals surface area (Å²) in [6.07, 6.45) is -1.21. The maximum Gasteiger partial charge on any atom is 0.280 e. The molecule has 15 heteroatoms. The van der Waals surface area contributed by atoms with Gasteiger partial charge in [-0.05, 0) is 48.9 Å². The number of ether oxygens (including phenoxy) is 1. The molecule has 248 valence electrons. The van der Waals surface area contributed by atoms with Gasteiger partial charge < -0.3 is 15.2 Å². The number of carbonyl (C=O) groups excluding carboxylic acids is 2. The zero-order valence-electron chi connectivity index (χ0n) is 25.0. The lowest BCUT2D eigenvalue weighted by Crippen LogP contribution is -2.55. The van der Waals surface area contributed by atoms with Crippen molar-refractivity contribution < 1.29 is 41.0 Å². The highest BCUT2D eigenvalue weighted by Gasteiger charge is 2.47. The van der Waals surface area contributed by atoms with Crippen molar-refractivity contribution in [3.63, 3.8) is 0 Å². The third-order valence-corrected chi connectivity index (χ3v) is 9.50. The molecule has 0 heterocycles. The zero-order chi connectivity index (χ0) is 33.6. The number of rotatable bonds is 14. The molecule has 1 aliphatic carbocycles. The maximum absolute atomic E-state index is 14.6. The quantitative estimate of drug-likeness (QED) is 0.232. The summed E-state index contributed by atoms with van der Waals surface area (Å²) in [7, 11) is -2.98. The second kappa shape index (κ2) is 14.8. The fourth-order valence-electron chi connectivity index (χ4n) is 5.15. The molecule has 1 fully saturated rings. The van der Waals surface area contributed by atoms with Gasteiger partial charge in [0.2, 0.25) is 11.8 Å². The molecule has 2 atom stereocenters. The number of nitrogens with one attached hydrogen (secondary N) is 2. The number of hydrogen-bond donors (Lipinski definition) is 3. The van der Waals surface area contributed by atoms with Crippen LogP contribution in [0.25, 0.3) is 0 Å². The highest BCUT2D eigenvalue weighted by molar-refractivity contribution is 7.87. The normalized spacial score (nSPS) is 15.9. The predicted octanol–water partition coefficient (Wildman–Crippen LogP) is 4.37. The Morgan fingerprint density at radius 2 is 1.76 bits per heavy atom. The molecular weight excluding hydrogens is 649 g/mol. The van der Waals surface area contributed by atoms with E-state index in [1.807, 2.05) is 0 Å². The molecule has 0 aromatic heterocycles. The third kappa shape index (κ3) is 8.36. The minimum Gasteiger partial charge on any atom is -0.497 e. The van der Waals surface area contributed by atoms with Crippen LogP contribution >= 0.6 is 11.6 Å². The van der Waals surface area contributed by atoms with Crippen molar-refractivity contribution >= 4 is 39.3 Å². The highest BCUT2D eigenvalue weighted by Crippen LogP contribution is 2.39. The Bertz CT molecular complexity index is 1640. The smallest absolute Gasteiger partial charge is 0.280 e. The first-order chi connectivity index (χ1) is 21.8. The van der Waals surface area contributed by atoms with Gasteiger partial charge >= 0.3 is 0 Å². The van der Waals surface area contributed by atoms with Gasteiger partial charge in [-0.1, -0.05) is 48.0 Å². The molecule has 3 aromatic carbocycles. The standard InChI is InChI=1S/C31H34ClF3N4O6S/c1-20(21-10-12-25(45-2)13-11-21)38(46(43,44)36-14-15-40)19-28(41)39(24-7-5-6-22(33)16-24)29(26-8-3-4-9-27(26)32)30(42)37-23-17-31(34,35)18-23/h3-13,16,20,23,29,36,40H,14-15,17-19H2,1-2H3,(H,37,42)/t20-,29+/m0/s1. The Labute approximate surface area is 270 Å². The SMILES string of the molecule is COc1ccc([C@H](C)N(CC(=O)N(c2cccc(F)c2)[C@@H](C(=O)NC2CC(F)(F)C2)c2ccccc2Cl)S(=O)(=O)NCCO)cc1. The van der Waals surface area contributed by atoms with Crippen LogP contribution in [-0.4, -0.2) is 68.4 Å². The average molecular weight is 683 g/mol. The average Bonchev–Trinajstić information content (AvgIpc) is 3.00. The van der Waals surface area contributed by atoms with E-state index in [2.05, 4.69) is 10.0 Å². The number of carbonyl (C=O) groups is 2. The molecule has 0 radical (unpaired) electrons. The van der Waals surface area contributed by atoms with Crippen molar-refractivity contribution in [3.05, 3.63) is 94.8 Å². The molecule has 0 bridgehead atoms. The van der Waals surface area contributed by atoms with Crippen molar-refractivity contribution in [2.24, 2.45) is 0 Å². The summed E-state index contributed by atoms with van der Waals surface area (Å²) in [5.74, 6) is -5.03. The van der Waals surface area contributed by atoms with Crippen LogP contribution in [0.2, 0.25) is 5.02 Å². The predicted molar refractivity (Wildman–Crippen MR) is 166 cm³/mol. The Kier molecular flexibility index (Phi) is 11.3. The van der Waals surface area contributed by atoms with E-state index in [-0.39, 0.29) is 22.8 Å². The summed E-state index contributed by atoms with van der Waals surface area (Å²) in [6, 6.07) is 13.8. The van der Waals surface area contributed by atoms with Gasteiger partial charge in [-0.3, -0.25) is 14.5 Å². The van der Waals surface area contributed by atoms with Crippen LogP contribution in [0.3, 0.4) is 0 Å². The van der Waals surface area contributed by atoms with Gasteiger partial charge in [0.25, 0.3) is 16.1 Å². The minimum absolute atomic E-state index is 0.0523. The van der Waals surface area contributed by atoms with Crippen molar-refractivity contribution in [2.75, 3.05) is 31.7 Å². The fraction of sp³-hybridized carbons (Fsp3) is 0.355. The number of aliphatic hydroxyl groups is 1. The van der Waals surface area contributed by atoms with E-state index in [1.54, 1.807) is 36.4 Å². The van der Waals surface area contributed by atoms with Crippen LogP contribution in [0.4, 0.5) is 18.9 Å². The lowest BCUT2D eigenvalue weighted by atomic mass is 9.87. The Balaban J connectivity index is 1.80. The van der Waals surface area contributed by atoms with E-state index < -0.39 is 77.9 Å². The molecule has 3 N–H and O–H groups in total. The summed E-state index contributed by atoms with van der Waals surface area (Å²) in [4.78, 5) is 29.2. The largest absolute Gasteiger partial charge is 0.497 e. The summed E-state index contributed by atoms with van der Waals surface area (Å²) in [5.41, 5.74) is 0.467. The molecule has 46 heavy (non-hydrogen) atoms. The summed E-state index contributed by atoms with van der Waals surface area (Å²) >= 11 is 6.49. The van der Waals surface area contributed by atoms with Crippen LogP contribution in [0.15, 0.2) is 72.8 Å². The van der Waals surface area contributed by atoms with Gasteiger partial charge in [0.1, 0.15) is 17.6 Å². The molecule has 10 nitrogen and oxygen atoms in total. The van der Waals surface area contributed by atoms with Gasteiger partial charge in [-0.15, -0.1) is 0 Å². The van der Waals surface area contributed by atoms with E-state index in [1.165, 1.54) is 38.3 Å². The summed E-state index contributed by atoms with van der Waals surface area (Å²) in [5, 5.41) is 11.9. The number of halogens is 4. The molecule has 1 aliphatic rings. The monoisotopic (exact) mass is 682 g/mol. The molecule has 0 spiro atoms. The summed E-state index contributed by atoms with van der Waals surface area (Å²) < 4.78 is 77.2. The van der Waals surface area contributed by atoms with Crippen LogP contribution in [-0.2, 0) is 19.8 Å². The van der Waals surface area contributed by atoms with Crippen molar-refractivity contribution in [3.8, 4) is 5.75 Å². The maximum atomic E-state index is 14.6. The van der Waals surface area contributed by atoms with E-state index in [0.29, 0.717) is 11.3 Å². The molecule has 4 rings (SSSR count). The Morgan fingerprint density at radius 1 is 1.09 bits per heavy atom. The minimum atomic E-state index is -4.45. The van der Waals surface area contributed by atoms with Gasteiger partial charge in [-0.25, -0.2) is 13.2 Å². The Hall–Kier alpha value is -3.69.